The summed E-state index contributed by atoms with van der Waals surface area (Å²) in [5, 5.41) is 8.94. The molecule has 0 atom stereocenters. The average Bonchev–Trinajstić information content (AvgIpc) is 3.19. The Morgan fingerprint density at radius 1 is 1.32 bits per heavy atom. The quantitative estimate of drug-likeness (QED) is 0.832. The third-order valence-electron chi connectivity index (χ3n) is 4.31. The van der Waals surface area contributed by atoms with Crippen molar-refractivity contribution in [3.05, 3.63) is 29.8 Å². The minimum atomic E-state index is 0.190. The molecule has 1 aliphatic heterocycles. The van der Waals surface area contributed by atoms with Gasteiger partial charge in [-0.25, -0.2) is 0 Å². The molecule has 0 saturated heterocycles. The van der Waals surface area contributed by atoms with E-state index in [2.05, 4.69) is 11.0 Å². The molecule has 1 fully saturated rings. The van der Waals surface area contributed by atoms with Crippen LogP contribution < -0.4 is 4.90 Å². The summed E-state index contributed by atoms with van der Waals surface area (Å²) in [6.45, 7) is 1.85. The van der Waals surface area contributed by atoms with Crippen molar-refractivity contribution in [2.45, 2.75) is 32.1 Å². The van der Waals surface area contributed by atoms with E-state index in [-0.39, 0.29) is 11.2 Å². The van der Waals surface area contributed by atoms with Crippen molar-refractivity contribution in [1.29, 1.82) is 5.26 Å². The molecule has 1 aromatic carbocycles. The standard InChI is InChI=1S/C16H18N2O/c17-10-9-16(7-8-16)12-18-11-3-6-15(19)13-4-1-2-5-14(13)18/h1-2,4-5H,3,6-9,11-12H2. The number of carbonyl (C=O) groups excluding carboxylic acids is 1. The first kappa shape index (κ1) is 12.2. The second-order valence-corrected chi connectivity index (χ2v) is 5.80. The maximum absolute atomic E-state index is 12.1. The van der Waals surface area contributed by atoms with Gasteiger partial charge in [-0.15, -0.1) is 0 Å². The number of benzene rings is 1. The molecule has 0 unspecified atom stereocenters. The second kappa shape index (κ2) is 4.70. The van der Waals surface area contributed by atoms with Crippen LogP contribution in [0.25, 0.3) is 0 Å². The minimum absolute atomic E-state index is 0.190. The van der Waals surface area contributed by atoms with Crippen molar-refractivity contribution in [3.63, 3.8) is 0 Å². The van der Waals surface area contributed by atoms with Crippen LogP contribution in [0.3, 0.4) is 0 Å². The number of carbonyl (C=O) groups is 1. The fraction of sp³-hybridized carbons (Fsp3) is 0.500. The largest absolute Gasteiger partial charge is 0.370 e. The molecule has 3 rings (SSSR count). The van der Waals surface area contributed by atoms with E-state index in [4.69, 9.17) is 5.26 Å². The van der Waals surface area contributed by atoms with Crippen LogP contribution in [0.15, 0.2) is 24.3 Å². The summed E-state index contributed by atoms with van der Waals surface area (Å²) in [4.78, 5) is 14.4. The molecular weight excluding hydrogens is 236 g/mol. The maximum Gasteiger partial charge on any atom is 0.165 e. The number of hydrogen-bond donors (Lipinski definition) is 0. The van der Waals surface area contributed by atoms with Gasteiger partial charge in [-0.05, 0) is 31.4 Å². The van der Waals surface area contributed by atoms with Gasteiger partial charge >= 0.3 is 0 Å². The van der Waals surface area contributed by atoms with Crippen molar-refractivity contribution in [3.8, 4) is 6.07 Å². The van der Waals surface area contributed by atoms with Gasteiger partial charge in [-0.3, -0.25) is 4.79 Å². The zero-order chi connectivity index (χ0) is 13.3. The molecule has 1 heterocycles. The van der Waals surface area contributed by atoms with Gasteiger partial charge in [-0.2, -0.15) is 5.26 Å². The van der Waals surface area contributed by atoms with Gasteiger partial charge in [-0.1, -0.05) is 12.1 Å². The summed E-state index contributed by atoms with van der Waals surface area (Å²) in [6, 6.07) is 10.2. The molecule has 0 radical (unpaired) electrons. The van der Waals surface area contributed by atoms with E-state index in [1.54, 1.807) is 0 Å². The Labute approximate surface area is 113 Å². The molecule has 1 aliphatic carbocycles. The van der Waals surface area contributed by atoms with Gasteiger partial charge in [0.25, 0.3) is 0 Å². The minimum Gasteiger partial charge on any atom is -0.370 e. The Balaban J connectivity index is 1.88. The number of anilines is 1. The first-order valence-electron chi connectivity index (χ1n) is 6.98. The van der Waals surface area contributed by atoms with Crippen LogP contribution in [0.5, 0.6) is 0 Å². The molecule has 0 N–H and O–H groups in total. The lowest BCUT2D eigenvalue weighted by atomic mass is 10.0. The molecule has 2 aliphatic rings. The lowest BCUT2D eigenvalue weighted by Crippen LogP contribution is -2.31. The van der Waals surface area contributed by atoms with Crippen LogP contribution in [-0.4, -0.2) is 18.9 Å². The van der Waals surface area contributed by atoms with E-state index in [9.17, 15) is 4.79 Å². The molecule has 1 saturated carbocycles. The fourth-order valence-electron chi connectivity index (χ4n) is 2.98. The van der Waals surface area contributed by atoms with Crippen molar-refractivity contribution < 1.29 is 4.79 Å². The highest BCUT2D eigenvalue weighted by Crippen LogP contribution is 2.50. The van der Waals surface area contributed by atoms with Crippen LogP contribution in [0.4, 0.5) is 5.69 Å². The number of hydrogen-bond acceptors (Lipinski definition) is 3. The Kier molecular flexibility index (Phi) is 3.02. The van der Waals surface area contributed by atoms with Gasteiger partial charge in [0, 0.05) is 42.6 Å². The summed E-state index contributed by atoms with van der Waals surface area (Å²) in [5.74, 6) is 0.253. The number of nitrogens with zero attached hydrogens (tertiary/aromatic N) is 2. The molecule has 0 spiro atoms. The van der Waals surface area contributed by atoms with E-state index in [1.807, 2.05) is 24.3 Å². The molecular formula is C16H18N2O. The van der Waals surface area contributed by atoms with Crippen molar-refractivity contribution in [2.24, 2.45) is 5.41 Å². The Morgan fingerprint density at radius 2 is 2.11 bits per heavy atom. The third-order valence-corrected chi connectivity index (χ3v) is 4.31. The first-order valence-corrected chi connectivity index (χ1v) is 6.98. The zero-order valence-electron chi connectivity index (χ0n) is 11.1. The van der Waals surface area contributed by atoms with E-state index >= 15 is 0 Å². The average molecular weight is 254 g/mol. The monoisotopic (exact) mass is 254 g/mol. The Hall–Kier alpha value is -1.82. The number of fused-ring (bicyclic) bond motifs is 1. The van der Waals surface area contributed by atoms with E-state index < -0.39 is 0 Å². The molecule has 3 heteroatoms. The Bertz CT molecular complexity index is 540. The second-order valence-electron chi connectivity index (χ2n) is 5.80. The fourth-order valence-corrected chi connectivity index (χ4v) is 2.98. The number of Topliss-reactive ketones (excluding diaryl/α,β-unsaturated/α-hetero) is 1. The summed E-state index contributed by atoms with van der Waals surface area (Å²) >= 11 is 0. The van der Waals surface area contributed by atoms with Crippen LogP contribution in [0, 0.1) is 16.7 Å². The smallest absolute Gasteiger partial charge is 0.165 e. The lowest BCUT2D eigenvalue weighted by Gasteiger charge is -2.28. The highest BCUT2D eigenvalue weighted by Gasteiger charge is 2.44. The van der Waals surface area contributed by atoms with E-state index in [1.165, 1.54) is 0 Å². The molecule has 3 nitrogen and oxygen atoms in total. The summed E-state index contributed by atoms with van der Waals surface area (Å²) in [6.07, 6.45) is 4.48. The SMILES string of the molecule is N#CCC1(CN2CCCC(=O)c3ccccc32)CC1. The van der Waals surface area contributed by atoms with Gasteiger partial charge < -0.3 is 4.90 Å². The molecule has 98 valence electrons. The van der Waals surface area contributed by atoms with Crippen molar-refractivity contribution in [1.82, 2.24) is 0 Å². The van der Waals surface area contributed by atoms with Crippen molar-refractivity contribution >= 4 is 11.5 Å². The van der Waals surface area contributed by atoms with Crippen LogP contribution in [0.1, 0.15) is 42.5 Å². The normalized spacial score (nSPS) is 20.4. The molecule has 0 aromatic heterocycles. The van der Waals surface area contributed by atoms with Crippen LogP contribution in [0.2, 0.25) is 0 Å². The lowest BCUT2D eigenvalue weighted by molar-refractivity contribution is 0.0984. The first-order chi connectivity index (χ1) is 9.24. The van der Waals surface area contributed by atoms with Gasteiger partial charge in [0.2, 0.25) is 0 Å². The maximum atomic E-state index is 12.1. The summed E-state index contributed by atoms with van der Waals surface area (Å²) < 4.78 is 0. The van der Waals surface area contributed by atoms with E-state index in [0.29, 0.717) is 12.8 Å². The highest BCUT2D eigenvalue weighted by atomic mass is 16.1. The van der Waals surface area contributed by atoms with E-state index in [0.717, 1.165) is 43.6 Å². The highest BCUT2D eigenvalue weighted by molar-refractivity contribution is 6.01. The molecule has 0 bridgehead atoms. The molecule has 0 amide bonds. The predicted octanol–water partition coefficient (Wildman–Crippen LogP) is 3.16. The van der Waals surface area contributed by atoms with Crippen molar-refractivity contribution in [2.75, 3.05) is 18.0 Å². The topological polar surface area (TPSA) is 44.1 Å². The van der Waals surface area contributed by atoms with Gasteiger partial charge in [0.15, 0.2) is 5.78 Å². The molecule has 1 aromatic rings. The predicted molar refractivity (Wildman–Crippen MR) is 74.1 cm³/mol. The number of rotatable bonds is 3. The number of ketones is 1. The third kappa shape index (κ3) is 2.35. The molecule has 19 heavy (non-hydrogen) atoms. The van der Waals surface area contributed by atoms with Gasteiger partial charge in [0.1, 0.15) is 0 Å². The summed E-state index contributed by atoms with van der Waals surface area (Å²) in [5.41, 5.74) is 2.11. The van der Waals surface area contributed by atoms with Crippen LogP contribution in [-0.2, 0) is 0 Å². The Morgan fingerprint density at radius 3 is 2.84 bits per heavy atom. The number of nitriles is 1. The summed E-state index contributed by atoms with van der Waals surface area (Å²) in [7, 11) is 0. The zero-order valence-corrected chi connectivity index (χ0v) is 11.1. The van der Waals surface area contributed by atoms with Gasteiger partial charge in [0.05, 0.1) is 6.07 Å². The van der Waals surface area contributed by atoms with Crippen LogP contribution >= 0.6 is 0 Å². The number of para-hydroxylation sites is 1.